The monoisotopic (exact) mass is 517 g/mol. The number of ether oxygens (including phenoxy) is 1. The van der Waals surface area contributed by atoms with Crippen molar-refractivity contribution in [2.45, 2.75) is 25.3 Å². The second kappa shape index (κ2) is 10.6. The first kappa shape index (κ1) is 24.9. The number of piperazine rings is 1. The quantitative estimate of drug-likeness (QED) is 0.449. The minimum atomic E-state index is -1.14. The summed E-state index contributed by atoms with van der Waals surface area (Å²) < 4.78 is 5.30. The minimum Gasteiger partial charge on any atom is -0.497 e. The van der Waals surface area contributed by atoms with E-state index < -0.39 is 18.4 Å². The Bertz CT molecular complexity index is 1280. The van der Waals surface area contributed by atoms with Gasteiger partial charge in [0, 0.05) is 40.2 Å². The topological polar surface area (TPSA) is 103 Å². The average Bonchev–Trinajstić information content (AvgIpc) is 3.22. The van der Waals surface area contributed by atoms with Gasteiger partial charge in [-0.05, 0) is 54.3 Å². The molecule has 2 heterocycles. The molecule has 184 valence electrons. The number of amides is 2. The van der Waals surface area contributed by atoms with E-state index in [1.807, 2.05) is 24.4 Å². The summed E-state index contributed by atoms with van der Waals surface area (Å²) in [4.78, 5) is 43.8. The lowest BCUT2D eigenvalue weighted by Gasteiger charge is -2.40. The molecule has 2 aromatic carbocycles. The lowest BCUT2D eigenvalue weighted by Crippen LogP contribution is -2.61. The van der Waals surface area contributed by atoms with Crippen LogP contribution in [0.4, 0.5) is 0 Å². The van der Waals surface area contributed by atoms with Crippen molar-refractivity contribution in [3.63, 3.8) is 0 Å². The Labute approximate surface area is 212 Å². The van der Waals surface area contributed by atoms with Crippen LogP contribution in [0, 0.1) is 0 Å². The number of carboxylic acids is 1. The number of nitrogens with one attached hydrogen (secondary N) is 1. The van der Waals surface area contributed by atoms with Gasteiger partial charge in [0.15, 0.2) is 0 Å². The largest absolute Gasteiger partial charge is 0.497 e. The molecule has 0 radical (unpaired) electrons. The molecule has 1 aliphatic rings. The van der Waals surface area contributed by atoms with Crippen molar-refractivity contribution in [1.82, 2.24) is 14.8 Å². The molecular formula is C25H25Cl2N3O5. The van der Waals surface area contributed by atoms with Gasteiger partial charge in [-0.1, -0.05) is 29.3 Å². The van der Waals surface area contributed by atoms with Crippen LogP contribution in [0.15, 0.2) is 42.6 Å². The molecule has 3 aromatic rings. The first-order valence-electron chi connectivity index (χ1n) is 11.1. The van der Waals surface area contributed by atoms with Crippen molar-refractivity contribution in [3.05, 3.63) is 63.8 Å². The van der Waals surface area contributed by atoms with E-state index >= 15 is 0 Å². The Balaban J connectivity index is 1.48. The average molecular weight is 518 g/mol. The van der Waals surface area contributed by atoms with E-state index in [1.165, 1.54) is 9.80 Å². The van der Waals surface area contributed by atoms with E-state index in [9.17, 15) is 19.5 Å². The van der Waals surface area contributed by atoms with Crippen LogP contribution in [0.1, 0.15) is 17.5 Å². The smallest absolute Gasteiger partial charge is 0.305 e. The highest BCUT2D eigenvalue weighted by atomic mass is 35.5. The fourth-order valence-corrected chi connectivity index (χ4v) is 4.90. The summed E-state index contributed by atoms with van der Waals surface area (Å²) >= 11 is 12.2. The summed E-state index contributed by atoms with van der Waals surface area (Å²) in [6.07, 6.45) is 2.29. The summed E-state index contributed by atoms with van der Waals surface area (Å²) in [6.45, 7) is 0.365. The van der Waals surface area contributed by atoms with Crippen LogP contribution < -0.4 is 4.74 Å². The fourth-order valence-electron chi connectivity index (χ4n) is 4.39. The normalized spacial score (nSPS) is 16.3. The maximum Gasteiger partial charge on any atom is 0.305 e. The van der Waals surface area contributed by atoms with Crippen LogP contribution >= 0.6 is 23.2 Å². The van der Waals surface area contributed by atoms with Crippen LogP contribution in [0.25, 0.3) is 10.9 Å². The highest BCUT2D eigenvalue weighted by molar-refractivity contribution is 6.35. The number of H-pyrrole nitrogens is 1. The zero-order valence-electron chi connectivity index (χ0n) is 19.1. The van der Waals surface area contributed by atoms with Crippen molar-refractivity contribution in [3.8, 4) is 5.75 Å². The Morgan fingerprint density at radius 1 is 1.11 bits per heavy atom. The lowest BCUT2D eigenvalue weighted by atomic mass is 10.0. The lowest BCUT2D eigenvalue weighted by molar-refractivity contribution is -0.159. The van der Waals surface area contributed by atoms with Gasteiger partial charge >= 0.3 is 5.97 Å². The number of methoxy groups -OCH3 is 1. The number of halogens is 2. The van der Waals surface area contributed by atoms with Gasteiger partial charge in [-0.3, -0.25) is 14.4 Å². The molecule has 0 saturated carbocycles. The Hall–Kier alpha value is -3.23. The van der Waals surface area contributed by atoms with Gasteiger partial charge in [0.1, 0.15) is 11.8 Å². The molecule has 1 atom stereocenters. The molecule has 1 unspecified atom stereocenters. The van der Waals surface area contributed by atoms with Crippen LogP contribution in [-0.2, 0) is 27.2 Å². The van der Waals surface area contributed by atoms with Crippen LogP contribution in [0.3, 0.4) is 0 Å². The van der Waals surface area contributed by atoms with Crippen LogP contribution in [0.2, 0.25) is 10.0 Å². The van der Waals surface area contributed by atoms with Crippen LogP contribution in [0.5, 0.6) is 5.75 Å². The van der Waals surface area contributed by atoms with Gasteiger partial charge in [0.25, 0.3) is 0 Å². The van der Waals surface area contributed by atoms with E-state index in [1.54, 1.807) is 25.3 Å². The number of aromatic nitrogens is 1. The fraction of sp³-hybridized carbons (Fsp3) is 0.320. The predicted octanol–water partition coefficient (Wildman–Crippen LogP) is 3.78. The number of aromatic amines is 1. The van der Waals surface area contributed by atoms with E-state index in [4.69, 9.17) is 27.9 Å². The van der Waals surface area contributed by atoms with Gasteiger partial charge in [0.05, 0.1) is 20.1 Å². The SMILES string of the molecule is COc1ccc2[nH]cc(CCN3C(=O)CN(CCc4ccc(Cl)cc4Cl)C(=O)C3CC(=O)O)c2c1. The molecule has 0 spiro atoms. The van der Waals surface area contributed by atoms with E-state index in [0.29, 0.717) is 28.6 Å². The number of benzene rings is 2. The molecule has 8 nitrogen and oxygen atoms in total. The molecule has 0 aliphatic carbocycles. The number of carbonyl (C=O) groups excluding carboxylic acids is 2. The molecule has 1 saturated heterocycles. The number of rotatable bonds is 9. The zero-order valence-corrected chi connectivity index (χ0v) is 20.6. The van der Waals surface area contributed by atoms with Crippen LogP contribution in [-0.4, -0.2) is 70.5 Å². The first-order chi connectivity index (χ1) is 16.8. The van der Waals surface area contributed by atoms with Crippen molar-refractivity contribution < 1.29 is 24.2 Å². The number of carbonyl (C=O) groups is 3. The van der Waals surface area contributed by atoms with E-state index in [0.717, 1.165) is 22.0 Å². The summed E-state index contributed by atoms with van der Waals surface area (Å²) in [7, 11) is 1.59. The molecule has 4 rings (SSSR count). The second-order valence-electron chi connectivity index (χ2n) is 8.42. The molecular weight excluding hydrogens is 493 g/mol. The molecule has 1 aliphatic heterocycles. The van der Waals surface area contributed by atoms with E-state index in [2.05, 4.69) is 4.98 Å². The van der Waals surface area contributed by atoms with Gasteiger partial charge < -0.3 is 24.6 Å². The highest BCUT2D eigenvalue weighted by Gasteiger charge is 2.40. The third-order valence-corrected chi connectivity index (χ3v) is 6.84. The van der Waals surface area contributed by atoms with Gasteiger partial charge in [-0.2, -0.15) is 0 Å². The number of fused-ring (bicyclic) bond motifs is 1. The third-order valence-electron chi connectivity index (χ3n) is 6.25. The molecule has 10 heteroatoms. The molecule has 1 fully saturated rings. The molecule has 35 heavy (non-hydrogen) atoms. The summed E-state index contributed by atoms with van der Waals surface area (Å²) in [5.74, 6) is -1.09. The van der Waals surface area contributed by atoms with Gasteiger partial charge in [0.2, 0.25) is 11.8 Å². The number of hydrogen-bond acceptors (Lipinski definition) is 4. The maximum absolute atomic E-state index is 13.2. The van der Waals surface area contributed by atoms with Crippen molar-refractivity contribution in [2.24, 2.45) is 0 Å². The Morgan fingerprint density at radius 2 is 1.89 bits per heavy atom. The first-order valence-corrected chi connectivity index (χ1v) is 11.9. The molecule has 2 amide bonds. The standard InChI is InChI=1S/C25H25Cl2N3O5/c1-35-18-4-5-21-19(11-18)16(13-28-21)7-9-30-22(12-24(32)33)25(34)29(14-23(30)31)8-6-15-2-3-17(26)10-20(15)27/h2-5,10-11,13,22,28H,6-9,12,14H2,1H3,(H,32,33). The summed E-state index contributed by atoms with van der Waals surface area (Å²) in [5, 5.41) is 11.4. The third kappa shape index (κ3) is 5.55. The Morgan fingerprint density at radius 3 is 2.60 bits per heavy atom. The van der Waals surface area contributed by atoms with Gasteiger partial charge in [-0.15, -0.1) is 0 Å². The minimum absolute atomic E-state index is 0.109. The number of carboxylic acid groups (broad SMARTS) is 1. The molecule has 1 aromatic heterocycles. The predicted molar refractivity (Wildman–Crippen MR) is 133 cm³/mol. The number of aliphatic carboxylic acids is 1. The van der Waals surface area contributed by atoms with Gasteiger partial charge in [-0.25, -0.2) is 0 Å². The summed E-state index contributed by atoms with van der Waals surface area (Å²) in [6, 6.07) is 9.71. The Kier molecular flexibility index (Phi) is 7.52. The highest BCUT2D eigenvalue weighted by Crippen LogP contribution is 2.26. The number of nitrogens with zero attached hydrogens (tertiary/aromatic N) is 2. The number of hydrogen-bond donors (Lipinski definition) is 2. The van der Waals surface area contributed by atoms with Crippen molar-refractivity contribution >= 4 is 51.9 Å². The zero-order chi connectivity index (χ0) is 25.1. The molecule has 0 bridgehead atoms. The summed E-state index contributed by atoms with van der Waals surface area (Å²) in [5.41, 5.74) is 2.67. The van der Waals surface area contributed by atoms with Crippen molar-refractivity contribution in [1.29, 1.82) is 0 Å². The second-order valence-corrected chi connectivity index (χ2v) is 9.27. The van der Waals surface area contributed by atoms with Crippen molar-refractivity contribution in [2.75, 3.05) is 26.7 Å². The maximum atomic E-state index is 13.2. The van der Waals surface area contributed by atoms with E-state index in [-0.39, 0.29) is 31.4 Å². The molecule has 2 N–H and O–H groups in total.